The van der Waals surface area contributed by atoms with Crippen molar-refractivity contribution in [2.75, 3.05) is 50.7 Å². The standard InChI is InChI=1S/C18H29N5O/c1-15(2)23-7-5-16(14-23)12-20-18(24)22-10-8-21(9-11-22)17-4-3-6-19-13-17/h3-4,6,13,15-16H,5,7-12,14H2,1-2H3,(H,20,24). The first-order valence-corrected chi connectivity index (χ1v) is 9.05. The largest absolute Gasteiger partial charge is 0.367 e. The van der Waals surface area contributed by atoms with Gasteiger partial charge in [-0.3, -0.25) is 4.98 Å². The normalized spacial score (nSPS) is 22.2. The van der Waals surface area contributed by atoms with E-state index < -0.39 is 0 Å². The number of carbonyl (C=O) groups is 1. The Labute approximate surface area is 144 Å². The van der Waals surface area contributed by atoms with Crippen molar-refractivity contribution >= 4 is 11.7 Å². The Morgan fingerprint density at radius 3 is 2.71 bits per heavy atom. The Morgan fingerprint density at radius 1 is 1.29 bits per heavy atom. The molecule has 2 saturated heterocycles. The molecule has 2 amide bonds. The highest BCUT2D eigenvalue weighted by Gasteiger charge is 2.26. The molecule has 1 atom stereocenters. The number of nitrogens with one attached hydrogen (secondary N) is 1. The monoisotopic (exact) mass is 331 g/mol. The van der Waals surface area contributed by atoms with Crippen molar-refractivity contribution in [1.29, 1.82) is 0 Å². The van der Waals surface area contributed by atoms with Crippen molar-refractivity contribution in [2.45, 2.75) is 26.3 Å². The molecule has 2 fully saturated rings. The van der Waals surface area contributed by atoms with Crippen LogP contribution in [0.4, 0.5) is 10.5 Å². The maximum Gasteiger partial charge on any atom is 0.317 e. The predicted molar refractivity (Wildman–Crippen MR) is 96.2 cm³/mol. The van der Waals surface area contributed by atoms with Crippen LogP contribution in [0.1, 0.15) is 20.3 Å². The van der Waals surface area contributed by atoms with Gasteiger partial charge in [0.05, 0.1) is 11.9 Å². The molecule has 0 spiro atoms. The summed E-state index contributed by atoms with van der Waals surface area (Å²) in [6.07, 6.45) is 4.86. The van der Waals surface area contributed by atoms with E-state index in [9.17, 15) is 4.79 Å². The number of anilines is 1. The zero-order chi connectivity index (χ0) is 16.9. The SMILES string of the molecule is CC(C)N1CCC(CNC(=O)N2CCN(c3cccnc3)CC2)C1. The lowest BCUT2D eigenvalue weighted by molar-refractivity contribution is 0.192. The molecule has 0 aliphatic carbocycles. The number of nitrogens with zero attached hydrogens (tertiary/aromatic N) is 4. The molecule has 0 saturated carbocycles. The predicted octanol–water partition coefficient (Wildman–Crippen LogP) is 1.64. The lowest BCUT2D eigenvalue weighted by Crippen LogP contribution is -2.52. The number of pyridine rings is 1. The van der Waals surface area contributed by atoms with Gasteiger partial charge in [-0.1, -0.05) is 0 Å². The second kappa shape index (κ2) is 7.83. The molecule has 0 bridgehead atoms. The number of piperazine rings is 1. The maximum atomic E-state index is 12.4. The minimum absolute atomic E-state index is 0.0869. The van der Waals surface area contributed by atoms with Gasteiger partial charge in [0.1, 0.15) is 0 Å². The average Bonchev–Trinajstić information content (AvgIpc) is 3.10. The topological polar surface area (TPSA) is 51.7 Å². The molecule has 1 aromatic heterocycles. The van der Waals surface area contributed by atoms with E-state index in [0.29, 0.717) is 12.0 Å². The first kappa shape index (κ1) is 17.0. The number of urea groups is 1. The highest BCUT2D eigenvalue weighted by atomic mass is 16.2. The molecular weight excluding hydrogens is 302 g/mol. The van der Waals surface area contributed by atoms with Crippen molar-refractivity contribution in [2.24, 2.45) is 5.92 Å². The number of hydrogen-bond donors (Lipinski definition) is 1. The molecule has 1 unspecified atom stereocenters. The first-order valence-electron chi connectivity index (χ1n) is 9.05. The molecule has 6 heteroatoms. The maximum absolute atomic E-state index is 12.4. The van der Waals surface area contributed by atoms with Crippen LogP contribution < -0.4 is 10.2 Å². The molecule has 2 aliphatic heterocycles. The van der Waals surface area contributed by atoms with E-state index in [0.717, 1.165) is 51.5 Å². The van der Waals surface area contributed by atoms with Crippen molar-refractivity contribution in [3.63, 3.8) is 0 Å². The van der Waals surface area contributed by atoms with Crippen LogP contribution in [0, 0.1) is 5.92 Å². The van der Waals surface area contributed by atoms with Gasteiger partial charge in [0.15, 0.2) is 0 Å². The molecular formula is C18H29N5O. The molecule has 6 nitrogen and oxygen atoms in total. The summed E-state index contributed by atoms with van der Waals surface area (Å²) in [5.41, 5.74) is 1.14. The van der Waals surface area contributed by atoms with Crippen molar-refractivity contribution in [3.05, 3.63) is 24.5 Å². The summed E-state index contributed by atoms with van der Waals surface area (Å²) >= 11 is 0. The molecule has 132 valence electrons. The van der Waals surface area contributed by atoms with Crippen LogP contribution in [0.5, 0.6) is 0 Å². The number of amides is 2. The fourth-order valence-corrected chi connectivity index (χ4v) is 3.55. The number of rotatable bonds is 4. The van der Waals surface area contributed by atoms with Gasteiger partial charge < -0.3 is 20.0 Å². The summed E-state index contributed by atoms with van der Waals surface area (Å²) in [6, 6.07) is 4.72. The summed E-state index contributed by atoms with van der Waals surface area (Å²) in [4.78, 5) is 23.3. The van der Waals surface area contributed by atoms with Crippen LogP contribution in [0.3, 0.4) is 0 Å². The first-order chi connectivity index (χ1) is 11.6. The number of aromatic nitrogens is 1. The quantitative estimate of drug-likeness (QED) is 0.911. The molecule has 1 N–H and O–H groups in total. The van der Waals surface area contributed by atoms with Crippen LogP contribution in [0.2, 0.25) is 0 Å². The third kappa shape index (κ3) is 4.17. The third-order valence-electron chi connectivity index (χ3n) is 5.17. The van der Waals surface area contributed by atoms with Crippen molar-refractivity contribution in [3.8, 4) is 0 Å². The van der Waals surface area contributed by atoms with Gasteiger partial charge in [-0.05, 0) is 44.9 Å². The van der Waals surface area contributed by atoms with Crippen molar-refractivity contribution < 1.29 is 4.79 Å². The Kier molecular flexibility index (Phi) is 5.56. The Balaban J connectivity index is 1.40. The highest BCUT2D eigenvalue weighted by molar-refractivity contribution is 5.74. The number of carbonyl (C=O) groups excluding carboxylic acids is 1. The molecule has 3 heterocycles. The highest BCUT2D eigenvalue weighted by Crippen LogP contribution is 2.18. The molecule has 0 aromatic carbocycles. The van der Waals surface area contributed by atoms with Gasteiger partial charge >= 0.3 is 6.03 Å². The molecule has 2 aliphatic rings. The smallest absolute Gasteiger partial charge is 0.317 e. The lowest BCUT2D eigenvalue weighted by atomic mass is 10.1. The summed E-state index contributed by atoms with van der Waals surface area (Å²) < 4.78 is 0. The van der Waals surface area contributed by atoms with Gasteiger partial charge in [-0.15, -0.1) is 0 Å². The van der Waals surface area contributed by atoms with E-state index in [2.05, 4.69) is 40.0 Å². The molecule has 3 rings (SSSR count). The van der Waals surface area contributed by atoms with Gasteiger partial charge in [0.2, 0.25) is 0 Å². The van der Waals surface area contributed by atoms with Crippen LogP contribution >= 0.6 is 0 Å². The van der Waals surface area contributed by atoms with Gasteiger partial charge in [0.25, 0.3) is 0 Å². The van der Waals surface area contributed by atoms with Crippen LogP contribution in [0.15, 0.2) is 24.5 Å². The molecule has 0 radical (unpaired) electrons. The zero-order valence-corrected chi connectivity index (χ0v) is 14.8. The van der Waals surface area contributed by atoms with Crippen LogP contribution in [-0.4, -0.2) is 72.7 Å². The van der Waals surface area contributed by atoms with E-state index in [1.807, 2.05) is 17.2 Å². The summed E-state index contributed by atoms with van der Waals surface area (Å²) in [7, 11) is 0. The third-order valence-corrected chi connectivity index (χ3v) is 5.17. The second-order valence-corrected chi connectivity index (χ2v) is 7.11. The number of hydrogen-bond acceptors (Lipinski definition) is 4. The van der Waals surface area contributed by atoms with E-state index in [1.165, 1.54) is 6.42 Å². The second-order valence-electron chi connectivity index (χ2n) is 7.11. The van der Waals surface area contributed by atoms with Gasteiger partial charge in [-0.25, -0.2) is 4.79 Å². The van der Waals surface area contributed by atoms with E-state index in [1.54, 1.807) is 6.20 Å². The van der Waals surface area contributed by atoms with Crippen LogP contribution in [-0.2, 0) is 0 Å². The average molecular weight is 331 g/mol. The Hall–Kier alpha value is -1.82. The summed E-state index contributed by atoms with van der Waals surface area (Å²) in [5.74, 6) is 0.591. The van der Waals surface area contributed by atoms with Gasteiger partial charge in [-0.2, -0.15) is 0 Å². The minimum atomic E-state index is 0.0869. The minimum Gasteiger partial charge on any atom is -0.367 e. The Bertz CT molecular complexity index is 527. The summed E-state index contributed by atoms with van der Waals surface area (Å²) in [6.45, 7) is 10.8. The fraction of sp³-hybridized carbons (Fsp3) is 0.667. The Morgan fingerprint density at radius 2 is 2.08 bits per heavy atom. The number of likely N-dealkylation sites (tertiary alicyclic amines) is 1. The lowest BCUT2D eigenvalue weighted by Gasteiger charge is -2.36. The van der Waals surface area contributed by atoms with Gasteiger partial charge in [0, 0.05) is 51.5 Å². The zero-order valence-electron chi connectivity index (χ0n) is 14.8. The molecule has 1 aromatic rings. The van der Waals surface area contributed by atoms with E-state index >= 15 is 0 Å². The summed E-state index contributed by atoms with van der Waals surface area (Å²) in [5, 5.41) is 3.14. The van der Waals surface area contributed by atoms with E-state index in [4.69, 9.17) is 0 Å². The van der Waals surface area contributed by atoms with Crippen molar-refractivity contribution in [1.82, 2.24) is 20.1 Å². The van der Waals surface area contributed by atoms with E-state index in [-0.39, 0.29) is 6.03 Å². The van der Waals surface area contributed by atoms with Crippen LogP contribution in [0.25, 0.3) is 0 Å². The molecule has 24 heavy (non-hydrogen) atoms. The fourth-order valence-electron chi connectivity index (χ4n) is 3.55.